The minimum Gasteiger partial charge on any atom is -0.426 e. The molecule has 2 nitrogen and oxygen atoms in total. The third kappa shape index (κ3) is 9.28. The third-order valence-corrected chi connectivity index (χ3v) is 4.28. The van der Waals surface area contributed by atoms with Gasteiger partial charge in [0.25, 0.3) is 0 Å². The van der Waals surface area contributed by atoms with Crippen molar-refractivity contribution in [1.82, 2.24) is 0 Å². The van der Waals surface area contributed by atoms with Crippen molar-refractivity contribution in [3.8, 4) is 5.75 Å². The number of esters is 1. The highest BCUT2D eigenvalue weighted by molar-refractivity contribution is 5.76. The highest BCUT2D eigenvalue weighted by Gasteiger charge is 2.09. The van der Waals surface area contributed by atoms with Gasteiger partial charge in [-0.1, -0.05) is 76.5 Å². The molecule has 0 spiro atoms. The predicted molar refractivity (Wildman–Crippen MR) is 108 cm³/mol. The summed E-state index contributed by atoms with van der Waals surface area (Å²) in [5.74, 6) is 0.438. The quantitative estimate of drug-likeness (QED) is 0.165. The number of ether oxygens (including phenoxy) is 1. The van der Waals surface area contributed by atoms with Crippen LogP contribution in [0.2, 0.25) is 0 Å². The van der Waals surface area contributed by atoms with Crippen LogP contribution in [-0.2, 0) is 4.79 Å². The molecule has 1 aromatic carbocycles. The second-order valence-electron chi connectivity index (χ2n) is 6.47. The lowest BCUT2D eigenvalue weighted by atomic mass is 9.99. The maximum Gasteiger partial charge on any atom is 0.310 e. The summed E-state index contributed by atoms with van der Waals surface area (Å²) in [6.07, 6.45) is 15.9. The SMILES string of the molecule is C=C(CCCCCCCC/C=C/CC)c1ccccc1OC(=O)CC. The average Bonchev–Trinajstić information content (AvgIpc) is 2.63. The van der Waals surface area contributed by atoms with Crippen molar-refractivity contribution < 1.29 is 9.53 Å². The normalized spacial score (nSPS) is 11.0. The standard InChI is InChI=1S/C23H34O2/c1-4-6-7-8-9-10-11-12-13-14-17-20(3)21-18-15-16-19-22(21)25-23(24)5-2/h6-7,15-16,18-19H,3-5,8-14,17H2,1-2H3/b7-6+. The molecule has 25 heavy (non-hydrogen) atoms. The Balaban J connectivity index is 2.24. The van der Waals surface area contributed by atoms with Crippen molar-refractivity contribution >= 4 is 11.5 Å². The number of para-hydroxylation sites is 1. The second-order valence-corrected chi connectivity index (χ2v) is 6.47. The van der Waals surface area contributed by atoms with Crippen molar-refractivity contribution in [1.29, 1.82) is 0 Å². The Kier molecular flexibility index (Phi) is 11.4. The van der Waals surface area contributed by atoms with E-state index < -0.39 is 0 Å². The van der Waals surface area contributed by atoms with E-state index in [1.165, 1.54) is 38.5 Å². The number of benzene rings is 1. The van der Waals surface area contributed by atoms with E-state index in [1.54, 1.807) is 6.92 Å². The number of allylic oxidation sites excluding steroid dienone is 3. The zero-order valence-corrected chi connectivity index (χ0v) is 16.1. The fraction of sp³-hybridized carbons (Fsp3) is 0.522. The summed E-state index contributed by atoms with van der Waals surface area (Å²) >= 11 is 0. The van der Waals surface area contributed by atoms with E-state index in [9.17, 15) is 4.79 Å². The Morgan fingerprint density at radius 2 is 1.68 bits per heavy atom. The molecule has 138 valence electrons. The first-order chi connectivity index (χ1) is 12.2. The van der Waals surface area contributed by atoms with Crippen molar-refractivity contribution in [2.24, 2.45) is 0 Å². The summed E-state index contributed by atoms with van der Waals surface area (Å²) < 4.78 is 5.41. The van der Waals surface area contributed by atoms with Crippen LogP contribution in [0.25, 0.3) is 5.57 Å². The van der Waals surface area contributed by atoms with Crippen LogP contribution in [0.15, 0.2) is 43.0 Å². The van der Waals surface area contributed by atoms with Crippen LogP contribution >= 0.6 is 0 Å². The van der Waals surface area contributed by atoms with E-state index in [1.807, 2.05) is 24.3 Å². The van der Waals surface area contributed by atoms with Crippen LogP contribution < -0.4 is 4.74 Å². The van der Waals surface area contributed by atoms with Gasteiger partial charge in [0.1, 0.15) is 5.75 Å². The Hall–Kier alpha value is -1.83. The van der Waals surface area contributed by atoms with Crippen LogP contribution in [-0.4, -0.2) is 5.97 Å². The Morgan fingerprint density at radius 1 is 1.00 bits per heavy atom. The van der Waals surface area contributed by atoms with E-state index in [4.69, 9.17) is 4.74 Å². The maximum atomic E-state index is 11.5. The van der Waals surface area contributed by atoms with Gasteiger partial charge in [-0.2, -0.15) is 0 Å². The summed E-state index contributed by atoms with van der Waals surface area (Å²) in [6, 6.07) is 7.70. The first-order valence-electron chi connectivity index (χ1n) is 9.81. The molecule has 0 radical (unpaired) electrons. The van der Waals surface area contributed by atoms with Gasteiger partial charge in [0.05, 0.1) is 0 Å². The molecule has 0 saturated heterocycles. The van der Waals surface area contributed by atoms with E-state index in [-0.39, 0.29) is 5.97 Å². The molecule has 1 rings (SSSR count). The Morgan fingerprint density at radius 3 is 2.40 bits per heavy atom. The lowest BCUT2D eigenvalue weighted by molar-refractivity contribution is -0.134. The molecule has 0 amide bonds. The van der Waals surface area contributed by atoms with Crippen molar-refractivity contribution in [2.75, 3.05) is 0 Å². The predicted octanol–water partition coefficient (Wildman–Crippen LogP) is 7.10. The molecule has 0 aliphatic carbocycles. The Bertz CT molecular complexity index is 543. The molecule has 0 aliphatic rings. The fourth-order valence-corrected chi connectivity index (χ4v) is 2.77. The van der Waals surface area contributed by atoms with Crippen molar-refractivity contribution in [2.45, 2.75) is 78.1 Å². The summed E-state index contributed by atoms with van der Waals surface area (Å²) in [4.78, 5) is 11.5. The molecule has 0 bridgehead atoms. The molecular formula is C23H34O2. The van der Waals surface area contributed by atoms with Crippen LogP contribution in [0.4, 0.5) is 0 Å². The highest BCUT2D eigenvalue weighted by atomic mass is 16.5. The van der Waals surface area contributed by atoms with E-state index >= 15 is 0 Å². The van der Waals surface area contributed by atoms with Crippen LogP contribution in [0.1, 0.15) is 83.6 Å². The molecule has 0 aromatic heterocycles. The number of carbonyl (C=O) groups is 1. The van der Waals surface area contributed by atoms with Crippen LogP contribution in [0.3, 0.4) is 0 Å². The number of hydrogen-bond donors (Lipinski definition) is 0. The minimum absolute atomic E-state index is 0.200. The molecule has 0 unspecified atom stereocenters. The molecule has 0 saturated carbocycles. The summed E-state index contributed by atoms with van der Waals surface area (Å²) in [7, 11) is 0. The van der Waals surface area contributed by atoms with Gasteiger partial charge in [0.2, 0.25) is 0 Å². The zero-order valence-electron chi connectivity index (χ0n) is 16.1. The fourth-order valence-electron chi connectivity index (χ4n) is 2.77. The minimum atomic E-state index is -0.200. The maximum absolute atomic E-state index is 11.5. The van der Waals surface area contributed by atoms with Gasteiger partial charge in [-0.15, -0.1) is 0 Å². The smallest absolute Gasteiger partial charge is 0.310 e. The van der Waals surface area contributed by atoms with Crippen molar-refractivity contribution in [3.05, 3.63) is 48.6 Å². The third-order valence-electron chi connectivity index (χ3n) is 4.28. The summed E-state index contributed by atoms with van der Waals surface area (Å²) in [5, 5.41) is 0. The van der Waals surface area contributed by atoms with Gasteiger partial charge in [0, 0.05) is 12.0 Å². The summed E-state index contributed by atoms with van der Waals surface area (Å²) in [6.45, 7) is 8.18. The largest absolute Gasteiger partial charge is 0.426 e. The number of carbonyl (C=O) groups excluding carboxylic acids is 1. The summed E-state index contributed by atoms with van der Waals surface area (Å²) in [5.41, 5.74) is 2.02. The van der Waals surface area contributed by atoms with Gasteiger partial charge in [0.15, 0.2) is 0 Å². The monoisotopic (exact) mass is 342 g/mol. The van der Waals surface area contributed by atoms with Crippen LogP contribution in [0.5, 0.6) is 5.75 Å². The molecule has 0 atom stereocenters. The molecule has 0 fully saturated rings. The van der Waals surface area contributed by atoms with E-state index in [2.05, 4.69) is 25.7 Å². The van der Waals surface area contributed by atoms with Gasteiger partial charge in [-0.25, -0.2) is 0 Å². The topological polar surface area (TPSA) is 26.3 Å². The molecule has 0 N–H and O–H groups in total. The first kappa shape index (κ1) is 21.2. The lowest BCUT2D eigenvalue weighted by Crippen LogP contribution is -2.07. The molecule has 0 aliphatic heterocycles. The number of hydrogen-bond acceptors (Lipinski definition) is 2. The molecule has 2 heteroatoms. The Labute approximate surface area is 154 Å². The van der Waals surface area contributed by atoms with Crippen molar-refractivity contribution in [3.63, 3.8) is 0 Å². The van der Waals surface area contributed by atoms with E-state index in [0.29, 0.717) is 12.2 Å². The first-order valence-corrected chi connectivity index (χ1v) is 9.81. The number of rotatable bonds is 13. The average molecular weight is 343 g/mol. The zero-order chi connectivity index (χ0) is 18.3. The highest BCUT2D eigenvalue weighted by Crippen LogP contribution is 2.28. The second kappa shape index (κ2) is 13.5. The molecule has 1 aromatic rings. The number of unbranched alkanes of at least 4 members (excludes halogenated alkanes) is 6. The van der Waals surface area contributed by atoms with Gasteiger partial charge >= 0.3 is 5.97 Å². The molecular weight excluding hydrogens is 308 g/mol. The van der Waals surface area contributed by atoms with Crippen LogP contribution in [0, 0.1) is 0 Å². The lowest BCUT2D eigenvalue weighted by Gasteiger charge is -2.12. The van der Waals surface area contributed by atoms with E-state index in [0.717, 1.165) is 30.4 Å². The van der Waals surface area contributed by atoms with Gasteiger partial charge < -0.3 is 4.74 Å². The van der Waals surface area contributed by atoms with Gasteiger partial charge in [-0.3, -0.25) is 4.79 Å². The van der Waals surface area contributed by atoms with Gasteiger partial charge in [-0.05, 0) is 43.7 Å². The molecule has 0 heterocycles.